The third-order valence-corrected chi connectivity index (χ3v) is 5.18. The maximum absolute atomic E-state index is 4.47. The number of rotatable bonds is 7. The fourth-order valence-electron chi connectivity index (χ4n) is 2.67. The Morgan fingerprint density at radius 2 is 2.08 bits per heavy atom. The van der Waals surface area contributed by atoms with Crippen molar-refractivity contribution in [2.75, 3.05) is 5.75 Å². The van der Waals surface area contributed by atoms with Crippen LogP contribution in [0.3, 0.4) is 0 Å². The van der Waals surface area contributed by atoms with Crippen LogP contribution in [0, 0.1) is 5.92 Å². The average molecular weight is 340 g/mol. The molecular weight excluding hydrogens is 316 g/mol. The number of aromatic nitrogens is 4. The van der Waals surface area contributed by atoms with Crippen molar-refractivity contribution in [1.82, 2.24) is 19.7 Å². The number of benzene rings is 1. The Hall–Kier alpha value is -2.01. The quantitative estimate of drug-likeness (QED) is 0.502. The van der Waals surface area contributed by atoms with E-state index in [2.05, 4.69) is 64.6 Å². The molecular formula is C19H24N4S. The van der Waals surface area contributed by atoms with Gasteiger partial charge in [0.05, 0.1) is 0 Å². The summed E-state index contributed by atoms with van der Waals surface area (Å²) in [5, 5.41) is 11.1. The number of aromatic amines is 1. The van der Waals surface area contributed by atoms with Gasteiger partial charge in [0.2, 0.25) is 0 Å². The van der Waals surface area contributed by atoms with E-state index in [1.807, 2.05) is 13.0 Å². The normalized spacial score (nSPS) is 11.5. The first-order valence-corrected chi connectivity index (χ1v) is 9.27. The van der Waals surface area contributed by atoms with Crippen molar-refractivity contribution in [3.63, 3.8) is 0 Å². The maximum atomic E-state index is 4.47. The minimum absolute atomic E-state index is 0.627. The molecule has 0 aliphatic carbocycles. The number of allylic oxidation sites excluding steroid dienone is 1. The van der Waals surface area contributed by atoms with E-state index in [9.17, 15) is 0 Å². The first-order valence-electron chi connectivity index (χ1n) is 8.29. The van der Waals surface area contributed by atoms with Gasteiger partial charge >= 0.3 is 0 Å². The fourth-order valence-corrected chi connectivity index (χ4v) is 3.58. The number of para-hydroxylation sites is 1. The molecule has 0 aliphatic rings. The SMILES string of the molecule is C=C(C)Cn1c(Cc2c[nH]c3ccccc23)nnc1SCC(C)C. The molecule has 126 valence electrons. The fraction of sp³-hybridized carbons (Fsp3) is 0.368. The van der Waals surface area contributed by atoms with Crippen LogP contribution in [0.15, 0.2) is 47.8 Å². The first-order chi connectivity index (χ1) is 11.5. The van der Waals surface area contributed by atoms with Gasteiger partial charge in [-0.15, -0.1) is 10.2 Å². The molecule has 0 amide bonds. The van der Waals surface area contributed by atoms with E-state index in [1.54, 1.807) is 11.8 Å². The summed E-state index contributed by atoms with van der Waals surface area (Å²) in [5.74, 6) is 2.66. The van der Waals surface area contributed by atoms with E-state index in [4.69, 9.17) is 0 Å². The van der Waals surface area contributed by atoms with Gasteiger partial charge in [-0.05, 0) is 24.5 Å². The van der Waals surface area contributed by atoms with Gasteiger partial charge in [-0.2, -0.15) is 0 Å². The van der Waals surface area contributed by atoms with E-state index >= 15 is 0 Å². The molecule has 3 rings (SSSR count). The molecule has 0 saturated carbocycles. The number of thioether (sulfide) groups is 1. The third kappa shape index (κ3) is 3.73. The Balaban J connectivity index is 1.90. The predicted molar refractivity (Wildman–Crippen MR) is 102 cm³/mol. The van der Waals surface area contributed by atoms with Crippen LogP contribution in [-0.4, -0.2) is 25.5 Å². The van der Waals surface area contributed by atoms with Crippen LogP contribution in [0.1, 0.15) is 32.2 Å². The van der Waals surface area contributed by atoms with Crippen molar-refractivity contribution in [1.29, 1.82) is 0 Å². The van der Waals surface area contributed by atoms with Crippen LogP contribution in [0.2, 0.25) is 0 Å². The van der Waals surface area contributed by atoms with Gasteiger partial charge in [0.1, 0.15) is 5.82 Å². The first kappa shape index (κ1) is 16.8. The van der Waals surface area contributed by atoms with Crippen LogP contribution in [0.5, 0.6) is 0 Å². The number of H-pyrrole nitrogens is 1. The van der Waals surface area contributed by atoms with Crippen LogP contribution < -0.4 is 0 Å². The number of nitrogens with one attached hydrogen (secondary N) is 1. The van der Waals surface area contributed by atoms with Gasteiger partial charge in [-0.25, -0.2) is 0 Å². The lowest BCUT2D eigenvalue weighted by Crippen LogP contribution is -2.07. The molecule has 0 spiro atoms. The van der Waals surface area contributed by atoms with Crippen molar-refractivity contribution in [2.45, 2.75) is 38.9 Å². The Morgan fingerprint density at radius 1 is 1.29 bits per heavy atom. The highest BCUT2D eigenvalue weighted by atomic mass is 32.2. The van der Waals surface area contributed by atoms with Crippen LogP contribution in [0.25, 0.3) is 10.9 Å². The summed E-state index contributed by atoms with van der Waals surface area (Å²) in [6, 6.07) is 8.37. The summed E-state index contributed by atoms with van der Waals surface area (Å²) in [7, 11) is 0. The van der Waals surface area contributed by atoms with E-state index < -0.39 is 0 Å². The zero-order valence-electron chi connectivity index (χ0n) is 14.5. The molecule has 0 saturated heterocycles. The second kappa shape index (κ2) is 7.26. The Bertz CT molecular complexity index is 844. The topological polar surface area (TPSA) is 46.5 Å². The molecule has 5 heteroatoms. The number of nitrogens with zero attached hydrogens (tertiary/aromatic N) is 3. The Morgan fingerprint density at radius 3 is 2.83 bits per heavy atom. The van der Waals surface area contributed by atoms with Crippen molar-refractivity contribution in [3.8, 4) is 0 Å². The highest BCUT2D eigenvalue weighted by Crippen LogP contribution is 2.24. The second-order valence-electron chi connectivity index (χ2n) is 6.68. The average Bonchev–Trinajstić information content (AvgIpc) is 3.11. The lowest BCUT2D eigenvalue weighted by atomic mass is 10.1. The molecule has 0 bridgehead atoms. The van der Waals surface area contributed by atoms with E-state index in [0.717, 1.165) is 40.8 Å². The molecule has 1 aromatic carbocycles. The zero-order chi connectivity index (χ0) is 17.1. The van der Waals surface area contributed by atoms with Crippen LogP contribution >= 0.6 is 11.8 Å². The van der Waals surface area contributed by atoms with Gasteiger partial charge < -0.3 is 9.55 Å². The van der Waals surface area contributed by atoms with Crippen molar-refractivity contribution in [2.24, 2.45) is 5.92 Å². The monoisotopic (exact) mass is 340 g/mol. The predicted octanol–water partition coefficient (Wildman–Crippen LogP) is 4.67. The van der Waals surface area contributed by atoms with Crippen LogP contribution in [-0.2, 0) is 13.0 Å². The number of fused-ring (bicyclic) bond motifs is 1. The molecule has 24 heavy (non-hydrogen) atoms. The lowest BCUT2D eigenvalue weighted by molar-refractivity contribution is 0.666. The highest BCUT2D eigenvalue weighted by Gasteiger charge is 2.15. The summed E-state index contributed by atoms with van der Waals surface area (Å²) in [6.45, 7) is 11.3. The Labute approximate surface area is 147 Å². The van der Waals surface area contributed by atoms with Gasteiger partial charge in [-0.1, -0.05) is 56.0 Å². The highest BCUT2D eigenvalue weighted by molar-refractivity contribution is 7.99. The molecule has 0 unspecified atom stereocenters. The summed E-state index contributed by atoms with van der Waals surface area (Å²) in [6.07, 6.45) is 2.85. The maximum Gasteiger partial charge on any atom is 0.191 e. The second-order valence-corrected chi connectivity index (χ2v) is 7.67. The Kier molecular flexibility index (Phi) is 5.09. The summed E-state index contributed by atoms with van der Waals surface area (Å²) >= 11 is 1.77. The smallest absolute Gasteiger partial charge is 0.191 e. The minimum atomic E-state index is 0.627. The zero-order valence-corrected chi connectivity index (χ0v) is 15.4. The molecule has 2 heterocycles. The van der Waals surface area contributed by atoms with Crippen LogP contribution in [0.4, 0.5) is 0 Å². The number of hydrogen-bond donors (Lipinski definition) is 1. The van der Waals surface area contributed by atoms with E-state index in [1.165, 1.54) is 10.9 Å². The molecule has 3 aromatic rings. The van der Waals surface area contributed by atoms with Crippen molar-refractivity contribution in [3.05, 3.63) is 54.0 Å². The standard InChI is InChI=1S/C19H24N4S/c1-13(2)11-23-18(21-22-19(23)24-12-14(3)4)9-15-10-20-17-8-6-5-7-16(15)17/h5-8,10,14,20H,1,9,11-12H2,2-4H3. The summed E-state index contributed by atoms with van der Waals surface area (Å²) < 4.78 is 2.21. The lowest BCUT2D eigenvalue weighted by Gasteiger charge is -2.10. The van der Waals surface area contributed by atoms with Gasteiger partial charge in [0.15, 0.2) is 5.16 Å². The third-order valence-electron chi connectivity index (χ3n) is 3.79. The largest absolute Gasteiger partial charge is 0.361 e. The molecule has 0 fully saturated rings. The molecule has 1 N–H and O–H groups in total. The van der Waals surface area contributed by atoms with Gasteiger partial charge in [0.25, 0.3) is 0 Å². The molecule has 0 atom stereocenters. The van der Waals surface area contributed by atoms with Gasteiger partial charge in [0, 0.05) is 35.8 Å². The number of hydrogen-bond acceptors (Lipinski definition) is 3. The van der Waals surface area contributed by atoms with E-state index in [0.29, 0.717) is 5.92 Å². The van der Waals surface area contributed by atoms with Gasteiger partial charge in [-0.3, -0.25) is 0 Å². The molecule has 0 radical (unpaired) electrons. The molecule has 2 aromatic heterocycles. The summed E-state index contributed by atoms with van der Waals surface area (Å²) in [5.41, 5.74) is 3.52. The molecule has 4 nitrogen and oxygen atoms in total. The summed E-state index contributed by atoms with van der Waals surface area (Å²) in [4.78, 5) is 3.34. The minimum Gasteiger partial charge on any atom is -0.361 e. The van der Waals surface area contributed by atoms with Crippen molar-refractivity contribution >= 4 is 22.7 Å². The van der Waals surface area contributed by atoms with Crippen molar-refractivity contribution < 1.29 is 0 Å². The van der Waals surface area contributed by atoms with E-state index in [-0.39, 0.29) is 0 Å². The molecule has 0 aliphatic heterocycles.